The maximum absolute atomic E-state index is 12.1. The highest BCUT2D eigenvalue weighted by atomic mass is 79.9. The van der Waals surface area contributed by atoms with E-state index in [2.05, 4.69) is 21.2 Å². The molecule has 0 aliphatic heterocycles. The third kappa shape index (κ3) is 4.32. The summed E-state index contributed by atoms with van der Waals surface area (Å²) in [6, 6.07) is 8.47. The molecule has 0 aliphatic carbocycles. The van der Waals surface area contributed by atoms with Crippen LogP contribution >= 0.6 is 15.9 Å². The molecule has 126 valence electrons. The molecule has 0 unspecified atom stereocenters. The molecule has 24 heavy (non-hydrogen) atoms. The maximum atomic E-state index is 12.1. The highest BCUT2D eigenvalue weighted by Gasteiger charge is 2.17. The fourth-order valence-corrected chi connectivity index (χ4v) is 3.10. The van der Waals surface area contributed by atoms with Crippen LogP contribution in [0.2, 0.25) is 0 Å². The molecule has 0 radical (unpaired) electrons. The molecular formula is C17H17BrN2O4. The smallest absolute Gasteiger partial charge is 0.293 e. The van der Waals surface area contributed by atoms with E-state index in [-0.39, 0.29) is 18.0 Å². The van der Waals surface area contributed by atoms with Gasteiger partial charge in [-0.3, -0.25) is 14.9 Å². The van der Waals surface area contributed by atoms with Crippen LogP contribution in [0, 0.1) is 30.9 Å². The molecule has 2 rings (SSSR count). The number of hydrogen-bond donors (Lipinski definition) is 1. The standard InChI is InChI=1S/C17H17BrN2O4/c1-10-4-5-14(15(8-10)20(22)23)19-16(21)9-24-17-12(3)6-11(2)7-13(17)18/h4-8H,9H2,1-3H3,(H,19,21). The first-order valence-electron chi connectivity index (χ1n) is 7.22. The van der Waals surface area contributed by atoms with E-state index in [1.807, 2.05) is 26.0 Å². The largest absolute Gasteiger partial charge is 0.482 e. The van der Waals surface area contributed by atoms with Crippen molar-refractivity contribution in [1.82, 2.24) is 0 Å². The Morgan fingerprint density at radius 2 is 1.92 bits per heavy atom. The van der Waals surface area contributed by atoms with Crippen molar-refractivity contribution in [2.24, 2.45) is 0 Å². The van der Waals surface area contributed by atoms with Gasteiger partial charge in [0.2, 0.25) is 0 Å². The van der Waals surface area contributed by atoms with Gasteiger partial charge in [-0.05, 0) is 65.5 Å². The summed E-state index contributed by atoms with van der Waals surface area (Å²) in [6.45, 7) is 5.35. The predicted octanol–water partition coefficient (Wildman–Crippen LogP) is 4.30. The molecule has 1 N–H and O–H groups in total. The van der Waals surface area contributed by atoms with Crippen LogP contribution in [0.5, 0.6) is 5.75 Å². The fraction of sp³-hybridized carbons (Fsp3) is 0.235. The summed E-state index contributed by atoms with van der Waals surface area (Å²) in [6.07, 6.45) is 0. The van der Waals surface area contributed by atoms with Gasteiger partial charge in [0.05, 0.1) is 9.40 Å². The minimum absolute atomic E-state index is 0.143. The van der Waals surface area contributed by atoms with Crippen LogP contribution in [0.3, 0.4) is 0 Å². The second-order valence-electron chi connectivity index (χ2n) is 5.51. The van der Waals surface area contributed by atoms with Gasteiger partial charge in [0.25, 0.3) is 11.6 Å². The number of benzene rings is 2. The quantitative estimate of drug-likeness (QED) is 0.607. The fourth-order valence-electron chi connectivity index (χ4n) is 2.31. The Balaban J connectivity index is 2.09. The Kier molecular flexibility index (Phi) is 5.56. The van der Waals surface area contributed by atoms with Crippen LogP contribution in [0.15, 0.2) is 34.8 Å². The first-order chi connectivity index (χ1) is 11.3. The van der Waals surface area contributed by atoms with Gasteiger partial charge in [-0.15, -0.1) is 0 Å². The van der Waals surface area contributed by atoms with E-state index in [9.17, 15) is 14.9 Å². The summed E-state index contributed by atoms with van der Waals surface area (Å²) in [5.41, 5.74) is 2.73. The lowest BCUT2D eigenvalue weighted by Crippen LogP contribution is -2.21. The number of carbonyl (C=O) groups excluding carboxylic acids is 1. The van der Waals surface area contributed by atoms with Crippen LogP contribution in [0.25, 0.3) is 0 Å². The van der Waals surface area contributed by atoms with E-state index >= 15 is 0 Å². The number of nitro groups is 1. The molecule has 6 nitrogen and oxygen atoms in total. The van der Waals surface area contributed by atoms with Gasteiger partial charge >= 0.3 is 0 Å². The zero-order chi connectivity index (χ0) is 17.9. The summed E-state index contributed by atoms with van der Waals surface area (Å²) in [4.78, 5) is 22.6. The van der Waals surface area contributed by atoms with E-state index in [4.69, 9.17) is 4.74 Å². The molecule has 2 aromatic rings. The van der Waals surface area contributed by atoms with Crippen LogP contribution in [0.1, 0.15) is 16.7 Å². The molecule has 0 fully saturated rings. The Morgan fingerprint density at radius 3 is 2.54 bits per heavy atom. The van der Waals surface area contributed by atoms with E-state index in [0.29, 0.717) is 5.75 Å². The summed E-state index contributed by atoms with van der Waals surface area (Å²) in [5.74, 6) is 0.114. The van der Waals surface area contributed by atoms with Gasteiger partial charge in [0, 0.05) is 6.07 Å². The molecule has 2 aromatic carbocycles. The van der Waals surface area contributed by atoms with E-state index in [0.717, 1.165) is 21.2 Å². The van der Waals surface area contributed by atoms with Gasteiger partial charge in [-0.2, -0.15) is 0 Å². The number of hydrogen-bond acceptors (Lipinski definition) is 4. The monoisotopic (exact) mass is 392 g/mol. The van der Waals surface area contributed by atoms with Crippen molar-refractivity contribution in [3.05, 3.63) is 61.6 Å². The molecule has 0 saturated heterocycles. The lowest BCUT2D eigenvalue weighted by atomic mass is 10.1. The summed E-state index contributed by atoms with van der Waals surface area (Å²) < 4.78 is 6.31. The Bertz CT molecular complexity index is 782. The third-order valence-corrected chi connectivity index (χ3v) is 3.93. The number of nitro benzene ring substituents is 1. The maximum Gasteiger partial charge on any atom is 0.293 e. The minimum atomic E-state index is -0.524. The summed E-state index contributed by atoms with van der Waals surface area (Å²) >= 11 is 3.41. The van der Waals surface area contributed by atoms with Crippen molar-refractivity contribution in [3.63, 3.8) is 0 Å². The average molecular weight is 393 g/mol. The SMILES string of the molecule is Cc1cc(C)c(OCC(=O)Nc2ccc(C)cc2[N+](=O)[O-])c(Br)c1. The Labute approximate surface area is 148 Å². The number of amides is 1. The number of aryl methyl sites for hydroxylation is 3. The average Bonchev–Trinajstić information content (AvgIpc) is 2.47. The molecular weight excluding hydrogens is 376 g/mol. The number of ether oxygens (including phenoxy) is 1. The normalized spacial score (nSPS) is 10.3. The Hall–Kier alpha value is -2.41. The molecule has 0 heterocycles. The number of halogens is 1. The predicted molar refractivity (Wildman–Crippen MR) is 95.6 cm³/mol. The second-order valence-corrected chi connectivity index (χ2v) is 6.36. The van der Waals surface area contributed by atoms with Crippen molar-refractivity contribution >= 4 is 33.2 Å². The van der Waals surface area contributed by atoms with Gasteiger partial charge in [-0.1, -0.05) is 12.1 Å². The number of rotatable bonds is 5. The second kappa shape index (κ2) is 7.44. The first-order valence-corrected chi connectivity index (χ1v) is 8.01. The lowest BCUT2D eigenvalue weighted by molar-refractivity contribution is -0.384. The van der Waals surface area contributed by atoms with Crippen molar-refractivity contribution in [2.45, 2.75) is 20.8 Å². The van der Waals surface area contributed by atoms with Crippen LogP contribution in [0.4, 0.5) is 11.4 Å². The number of carbonyl (C=O) groups is 1. The number of anilines is 1. The summed E-state index contributed by atoms with van der Waals surface area (Å²) in [7, 11) is 0. The van der Waals surface area contributed by atoms with Crippen molar-refractivity contribution in [3.8, 4) is 5.75 Å². The molecule has 0 spiro atoms. The van der Waals surface area contributed by atoms with E-state index < -0.39 is 10.8 Å². The van der Waals surface area contributed by atoms with Gasteiger partial charge in [-0.25, -0.2) is 0 Å². The van der Waals surface area contributed by atoms with Crippen LogP contribution < -0.4 is 10.1 Å². The highest BCUT2D eigenvalue weighted by molar-refractivity contribution is 9.10. The van der Waals surface area contributed by atoms with E-state index in [1.165, 1.54) is 12.1 Å². The minimum Gasteiger partial charge on any atom is -0.482 e. The summed E-state index contributed by atoms with van der Waals surface area (Å²) in [5, 5.41) is 13.6. The van der Waals surface area contributed by atoms with Crippen molar-refractivity contribution < 1.29 is 14.5 Å². The van der Waals surface area contributed by atoms with Crippen molar-refractivity contribution in [2.75, 3.05) is 11.9 Å². The number of nitrogens with zero attached hydrogens (tertiary/aromatic N) is 1. The molecule has 0 aliphatic rings. The molecule has 7 heteroatoms. The van der Waals surface area contributed by atoms with Crippen LogP contribution in [-0.4, -0.2) is 17.4 Å². The zero-order valence-corrected chi connectivity index (χ0v) is 15.1. The molecule has 0 bridgehead atoms. The van der Waals surface area contributed by atoms with Gasteiger partial charge in [0.1, 0.15) is 11.4 Å². The molecule has 0 atom stereocenters. The number of nitrogens with one attached hydrogen (secondary N) is 1. The zero-order valence-electron chi connectivity index (χ0n) is 13.6. The topological polar surface area (TPSA) is 81.5 Å². The van der Waals surface area contributed by atoms with Gasteiger partial charge < -0.3 is 10.1 Å². The van der Waals surface area contributed by atoms with Crippen LogP contribution in [-0.2, 0) is 4.79 Å². The molecule has 0 aromatic heterocycles. The third-order valence-electron chi connectivity index (χ3n) is 3.35. The van der Waals surface area contributed by atoms with Gasteiger partial charge in [0.15, 0.2) is 6.61 Å². The first kappa shape index (κ1) is 17.9. The lowest BCUT2D eigenvalue weighted by Gasteiger charge is -2.12. The molecule has 0 saturated carbocycles. The molecule has 1 amide bonds. The highest BCUT2D eigenvalue weighted by Crippen LogP contribution is 2.30. The Morgan fingerprint density at radius 1 is 1.21 bits per heavy atom. The van der Waals surface area contributed by atoms with E-state index in [1.54, 1.807) is 13.0 Å². The van der Waals surface area contributed by atoms with Crippen molar-refractivity contribution in [1.29, 1.82) is 0 Å².